The SMILES string of the molecule is O.O.O=[P+]([O-])P(=O)(O)O.O=[Si]=O.[Al].[O]=[Al].[O]=[Ca].[O]=[Fe].[O]=[Mg].[O]=[Mn]. The van der Waals surface area contributed by atoms with Crippen molar-refractivity contribution in [3.05, 3.63) is 0 Å². The fraction of sp³-hybridized carbons (Fsp3) is 0. The zero-order chi connectivity index (χ0) is 18.8. The Morgan fingerprint density at radius 3 is 1.17 bits per heavy atom. The summed E-state index contributed by atoms with van der Waals surface area (Å²) in [5.74, 6) is 0. The standard InChI is InChI=1S/2Al.Ca.Fe.Mg.Mn.H2O5P2.O2Si.2H2O.5O/c;;;;;;1-6(2)7(3,4)5;1-3-2;;;;;;;/h;;;;;;(H2,3,4,5);;2*1H2;;;;;. The van der Waals surface area contributed by atoms with E-state index in [0.717, 1.165) is 0 Å². The van der Waals surface area contributed by atoms with E-state index in [0.29, 0.717) is 21.7 Å². The monoisotopic (exact) mass is 549 g/mol. The molecule has 0 saturated heterocycles. The Bertz CT molecular complexity index is 266. The van der Waals surface area contributed by atoms with Crippen LogP contribution >= 0.6 is 15.0 Å². The molecule has 0 aliphatic rings. The molecule has 23 heteroatoms. The molecule has 0 saturated carbocycles. The molecule has 0 aromatic rings. The Labute approximate surface area is 204 Å². The molecule has 6 N–H and O–H groups in total. The van der Waals surface area contributed by atoms with Gasteiger partial charge in [-0.1, -0.05) is 4.57 Å². The molecule has 23 heavy (non-hydrogen) atoms. The van der Waals surface area contributed by atoms with E-state index in [9.17, 15) is 14.0 Å². The van der Waals surface area contributed by atoms with Gasteiger partial charge in [0.2, 0.25) is 0 Å². The first-order chi connectivity index (χ1) is 9.36. The Morgan fingerprint density at radius 1 is 1.13 bits per heavy atom. The van der Waals surface area contributed by atoms with Crippen molar-refractivity contribution in [1.82, 2.24) is 0 Å². The van der Waals surface area contributed by atoms with Crippen molar-refractivity contribution in [3.63, 3.8) is 0 Å². The summed E-state index contributed by atoms with van der Waals surface area (Å²) < 4.78 is 76.4. The van der Waals surface area contributed by atoms with Crippen molar-refractivity contribution in [2.45, 2.75) is 0 Å². The van der Waals surface area contributed by atoms with Crippen molar-refractivity contribution in [2.75, 3.05) is 0 Å². The van der Waals surface area contributed by atoms with E-state index in [4.69, 9.17) is 34.8 Å². The van der Waals surface area contributed by atoms with Gasteiger partial charge in [0.05, 0.1) is 0 Å². The summed E-state index contributed by atoms with van der Waals surface area (Å²) in [6.07, 6.45) is 0. The normalized spacial score (nSPS) is 5.61. The predicted molar refractivity (Wildman–Crippen MR) is 60.5 cm³/mol. The van der Waals surface area contributed by atoms with Crippen LogP contribution in [-0.4, -0.2) is 121 Å². The van der Waals surface area contributed by atoms with Crippen LogP contribution in [0.25, 0.3) is 0 Å². The van der Waals surface area contributed by atoms with Crippen LogP contribution in [0.15, 0.2) is 0 Å². The summed E-state index contributed by atoms with van der Waals surface area (Å²) in [5, 5.41) is 0. The number of hydrogen-bond acceptors (Lipinski definition) is 10. The van der Waals surface area contributed by atoms with Crippen LogP contribution in [0.1, 0.15) is 0 Å². The van der Waals surface area contributed by atoms with E-state index < -0.39 is 24.3 Å². The average Bonchev–Trinajstić information content (AvgIpc) is 2.49. The van der Waals surface area contributed by atoms with Crippen molar-refractivity contribution >= 4 is 115 Å². The second-order valence-electron chi connectivity index (χ2n) is 0.834. The third-order valence-electron chi connectivity index (χ3n) is 0.213. The topological polar surface area (TPSA) is 280 Å². The minimum atomic E-state index is -4.78. The molecular formula is H6Al2CaFeMgMnO14P2Si. The zero-order valence-electron chi connectivity index (χ0n) is 10.7. The zero-order valence-corrected chi connectivity index (χ0v) is 21.7. The maximum absolute atomic E-state index is 9.43. The molecule has 0 aliphatic heterocycles. The number of rotatable bonds is 1. The van der Waals surface area contributed by atoms with Crippen molar-refractivity contribution < 1.29 is 91.7 Å². The first kappa shape index (κ1) is 63.4. The molecule has 0 bridgehead atoms. The molecule has 0 aromatic carbocycles. The maximum atomic E-state index is 9.43. The second-order valence-corrected chi connectivity index (χ2v) is 5.05. The molecule has 1 atom stereocenters. The van der Waals surface area contributed by atoms with Gasteiger partial charge in [0.25, 0.3) is 0 Å². The summed E-state index contributed by atoms with van der Waals surface area (Å²) in [5.41, 5.74) is 0. The van der Waals surface area contributed by atoms with Crippen LogP contribution in [0.2, 0.25) is 0 Å². The second kappa shape index (κ2) is 85.0. The predicted octanol–water partition coefficient (Wildman–Crippen LogP) is -5.21. The van der Waals surface area contributed by atoms with Crippen molar-refractivity contribution in [3.8, 4) is 0 Å². The van der Waals surface area contributed by atoms with Crippen molar-refractivity contribution in [2.24, 2.45) is 0 Å². The average molecular weight is 549 g/mol. The summed E-state index contributed by atoms with van der Waals surface area (Å²) >= 11 is 5.59. The van der Waals surface area contributed by atoms with Gasteiger partial charge in [0, 0.05) is 17.4 Å². The Hall–Kier alpha value is 3.08. The summed E-state index contributed by atoms with van der Waals surface area (Å²) in [6.45, 7) is 0. The van der Waals surface area contributed by atoms with Gasteiger partial charge >= 0.3 is 146 Å². The quantitative estimate of drug-likeness (QED) is 0.229. The number of hydrogen-bond donors (Lipinski definition) is 2. The van der Waals surface area contributed by atoms with Crippen LogP contribution in [-0.2, 0) is 66.0 Å². The van der Waals surface area contributed by atoms with Gasteiger partial charge in [-0.3, -0.25) is 18.7 Å². The van der Waals surface area contributed by atoms with Gasteiger partial charge in [-0.2, -0.15) is 0 Å². The molecule has 14 nitrogen and oxygen atoms in total. The van der Waals surface area contributed by atoms with E-state index in [2.05, 4.69) is 0 Å². The van der Waals surface area contributed by atoms with E-state index in [-0.39, 0.29) is 64.2 Å². The minimum absolute atomic E-state index is 0. The van der Waals surface area contributed by atoms with Crippen LogP contribution in [0.5, 0.6) is 0 Å². The van der Waals surface area contributed by atoms with Crippen LogP contribution in [0, 0.1) is 0 Å². The Morgan fingerprint density at radius 2 is 1.17 bits per heavy atom. The molecule has 0 spiro atoms. The fourth-order valence-electron chi connectivity index (χ4n) is 0. The molecular weight excluding hydrogens is 543 g/mol. The van der Waals surface area contributed by atoms with Gasteiger partial charge in [-0.15, -0.1) is 0 Å². The third kappa shape index (κ3) is 162. The van der Waals surface area contributed by atoms with Gasteiger partial charge in [0.15, 0.2) is 0 Å². The molecule has 4 radical (unpaired) electrons. The summed E-state index contributed by atoms with van der Waals surface area (Å²) in [4.78, 5) is 24.5. The van der Waals surface area contributed by atoms with Crippen LogP contribution < -0.4 is 4.89 Å². The molecule has 0 heterocycles. The molecule has 0 amide bonds. The molecule has 129 valence electrons. The molecule has 0 fully saturated rings. The first-order valence-corrected chi connectivity index (χ1v) is 9.86. The summed E-state index contributed by atoms with van der Waals surface area (Å²) in [6, 6.07) is 0. The summed E-state index contributed by atoms with van der Waals surface area (Å²) in [7, 11) is -9.78. The van der Waals surface area contributed by atoms with Gasteiger partial charge in [0.1, 0.15) is 0 Å². The van der Waals surface area contributed by atoms with Gasteiger partial charge < -0.3 is 15.8 Å². The molecule has 0 aliphatic carbocycles. The molecule has 0 rings (SSSR count). The van der Waals surface area contributed by atoms with E-state index >= 15 is 0 Å². The fourth-order valence-corrected chi connectivity index (χ4v) is 0. The van der Waals surface area contributed by atoms with Crippen LogP contribution in [0.3, 0.4) is 0 Å². The van der Waals surface area contributed by atoms with E-state index in [1.807, 2.05) is 15.9 Å². The Kier molecular flexibility index (Phi) is 234. The third-order valence-corrected chi connectivity index (χ3v) is 1.91. The van der Waals surface area contributed by atoms with Crippen LogP contribution in [0.4, 0.5) is 0 Å². The molecule has 0 aromatic heterocycles. The van der Waals surface area contributed by atoms with Crippen molar-refractivity contribution in [1.29, 1.82) is 0 Å². The Balaban J connectivity index is -0.0000000116. The first-order valence-electron chi connectivity index (χ1n) is 2.67. The van der Waals surface area contributed by atoms with E-state index in [1.54, 1.807) is 15.9 Å². The van der Waals surface area contributed by atoms with Gasteiger partial charge in [-0.25, -0.2) is 4.57 Å². The van der Waals surface area contributed by atoms with Gasteiger partial charge in [-0.05, 0) is 0 Å². The molecule has 1 unspecified atom stereocenters. The van der Waals surface area contributed by atoms with E-state index in [1.165, 1.54) is 16.2 Å².